The molecule has 0 heterocycles. The minimum absolute atomic E-state index is 0.0501. The molecule has 1 N–H and O–H groups in total. The van der Waals surface area contributed by atoms with Crippen LogP contribution in [0.5, 0.6) is 0 Å². The zero-order chi connectivity index (χ0) is 33.6. The monoisotopic (exact) mass is 645 g/mol. The van der Waals surface area contributed by atoms with Crippen LogP contribution in [-0.2, 0) is 14.3 Å². The summed E-state index contributed by atoms with van der Waals surface area (Å²) in [7, 11) is 0. The predicted molar refractivity (Wildman–Crippen MR) is 199 cm³/mol. The topological polar surface area (TPSA) is 63.6 Å². The van der Waals surface area contributed by atoms with Gasteiger partial charge in [0.05, 0.1) is 0 Å². The second-order valence-electron chi connectivity index (χ2n) is 13.5. The molecule has 0 radical (unpaired) electrons. The van der Waals surface area contributed by atoms with E-state index in [1.54, 1.807) is 0 Å². The van der Waals surface area contributed by atoms with Gasteiger partial charge in [-0.2, -0.15) is 0 Å². The first-order valence-corrected chi connectivity index (χ1v) is 20.0. The SMILES string of the molecule is CCCCC/C=C\C/C=C\CCCC/C=C\CCCCCCCC(=O)OC(CCCCCCCCCCCC)CCCCC(=O)O. The van der Waals surface area contributed by atoms with Gasteiger partial charge in [0.15, 0.2) is 0 Å². The maximum Gasteiger partial charge on any atom is 0.306 e. The van der Waals surface area contributed by atoms with Crippen molar-refractivity contribution >= 4 is 11.9 Å². The second-order valence-corrected chi connectivity index (χ2v) is 13.5. The third-order valence-corrected chi connectivity index (χ3v) is 8.83. The number of aliphatic carboxylic acids is 1. The number of carbonyl (C=O) groups excluding carboxylic acids is 1. The van der Waals surface area contributed by atoms with Gasteiger partial charge in [0, 0.05) is 12.8 Å². The average molecular weight is 645 g/mol. The van der Waals surface area contributed by atoms with Gasteiger partial charge in [-0.15, -0.1) is 0 Å². The maximum atomic E-state index is 12.5. The van der Waals surface area contributed by atoms with Gasteiger partial charge >= 0.3 is 11.9 Å². The van der Waals surface area contributed by atoms with E-state index >= 15 is 0 Å². The smallest absolute Gasteiger partial charge is 0.306 e. The molecule has 0 aliphatic rings. The number of hydrogen-bond donors (Lipinski definition) is 1. The van der Waals surface area contributed by atoms with Crippen molar-refractivity contribution in [2.75, 3.05) is 0 Å². The molecule has 0 aliphatic carbocycles. The molecular formula is C42H76O4. The number of ether oxygens (including phenoxy) is 1. The highest BCUT2D eigenvalue weighted by Crippen LogP contribution is 2.18. The molecule has 46 heavy (non-hydrogen) atoms. The van der Waals surface area contributed by atoms with Crippen molar-refractivity contribution in [2.45, 2.75) is 219 Å². The molecule has 0 saturated heterocycles. The summed E-state index contributed by atoms with van der Waals surface area (Å²) < 4.78 is 5.88. The number of carboxylic acids is 1. The van der Waals surface area contributed by atoms with Crippen molar-refractivity contribution in [3.05, 3.63) is 36.5 Å². The maximum absolute atomic E-state index is 12.5. The molecule has 1 unspecified atom stereocenters. The fourth-order valence-electron chi connectivity index (χ4n) is 5.86. The molecule has 0 rings (SSSR count). The Kier molecular flexibility index (Phi) is 36.1. The molecule has 0 aromatic carbocycles. The van der Waals surface area contributed by atoms with Crippen molar-refractivity contribution < 1.29 is 19.4 Å². The van der Waals surface area contributed by atoms with Crippen LogP contribution < -0.4 is 0 Å². The normalized spacial score (nSPS) is 12.6. The molecule has 0 aliphatic heterocycles. The van der Waals surface area contributed by atoms with Crippen LogP contribution in [0.1, 0.15) is 213 Å². The number of unbranched alkanes of at least 4 members (excludes halogenated alkanes) is 21. The number of allylic oxidation sites excluding steroid dienone is 6. The molecule has 0 bridgehead atoms. The molecule has 4 heteroatoms. The summed E-state index contributed by atoms with van der Waals surface area (Å²) >= 11 is 0. The Morgan fingerprint density at radius 1 is 0.478 bits per heavy atom. The fraction of sp³-hybridized carbons (Fsp3) is 0.810. The van der Waals surface area contributed by atoms with Gasteiger partial charge in [-0.1, -0.05) is 140 Å². The molecule has 0 spiro atoms. The van der Waals surface area contributed by atoms with Crippen LogP contribution in [-0.4, -0.2) is 23.1 Å². The van der Waals surface area contributed by atoms with E-state index < -0.39 is 5.97 Å². The van der Waals surface area contributed by atoms with E-state index in [4.69, 9.17) is 9.84 Å². The minimum atomic E-state index is -0.745. The van der Waals surface area contributed by atoms with Gasteiger partial charge < -0.3 is 9.84 Å². The Morgan fingerprint density at radius 2 is 0.848 bits per heavy atom. The van der Waals surface area contributed by atoms with E-state index in [2.05, 4.69) is 50.3 Å². The second kappa shape index (κ2) is 37.6. The van der Waals surface area contributed by atoms with E-state index in [1.807, 2.05) is 0 Å². The van der Waals surface area contributed by atoms with Crippen LogP contribution in [0.15, 0.2) is 36.5 Å². The standard InChI is InChI=1S/C42H76O4/c1-3-5-7-9-11-13-15-16-17-18-19-20-21-22-23-24-25-27-29-31-33-39-42(45)46-40(37-34-35-38-41(43)44)36-32-30-28-26-14-12-10-8-6-4-2/h11,13,16-17,22-23,40H,3-10,12,14-15,18-21,24-39H2,1-2H3,(H,43,44)/b13-11-,17-16-,23-22-. The third-order valence-electron chi connectivity index (χ3n) is 8.83. The molecular weight excluding hydrogens is 568 g/mol. The van der Waals surface area contributed by atoms with Gasteiger partial charge in [0.25, 0.3) is 0 Å². The van der Waals surface area contributed by atoms with Crippen molar-refractivity contribution in [2.24, 2.45) is 0 Å². The zero-order valence-electron chi connectivity index (χ0n) is 30.6. The van der Waals surface area contributed by atoms with Crippen LogP contribution in [0.3, 0.4) is 0 Å². The van der Waals surface area contributed by atoms with E-state index in [9.17, 15) is 9.59 Å². The summed E-state index contributed by atoms with van der Waals surface area (Å²) in [6.07, 6.45) is 48.7. The lowest BCUT2D eigenvalue weighted by Crippen LogP contribution is -2.18. The molecule has 0 fully saturated rings. The highest BCUT2D eigenvalue weighted by molar-refractivity contribution is 5.69. The van der Waals surface area contributed by atoms with E-state index in [1.165, 1.54) is 128 Å². The van der Waals surface area contributed by atoms with Crippen LogP contribution >= 0.6 is 0 Å². The molecule has 1 atom stereocenters. The van der Waals surface area contributed by atoms with Gasteiger partial charge in [0.2, 0.25) is 0 Å². The number of carbonyl (C=O) groups is 2. The lowest BCUT2D eigenvalue weighted by Gasteiger charge is -2.18. The van der Waals surface area contributed by atoms with Gasteiger partial charge in [-0.05, 0) is 96.3 Å². The Hall–Kier alpha value is -1.84. The molecule has 0 aromatic rings. The predicted octanol–water partition coefficient (Wildman–Crippen LogP) is 13.8. The van der Waals surface area contributed by atoms with Crippen LogP contribution in [0.2, 0.25) is 0 Å². The van der Waals surface area contributed by atoms with Crippen molar-refractivity contribution in [1.82, 2.24) is 0 Å². The minimum Gasteiger partial charge on any atom is -0.481 e. The number of rotatable bonds is 36. The zero-order valence-corrected chi connectivity index (χ0v) is 30.6. The van der Waals surface area contributed by atoms with E-state index in [0.29, 0.717) is 12.8 Å². The van der Waals surface area contributed by atoms with Crippen LogP contribution in [0.4, 0.5) is 0 Å². The first-order valence-electron chi connectivity index (χ1n) is 20.0. The Labute approximate surface area is 286 Å². The highest BCUT2D eigenvalue weighted by atomic mass is 16.5. The Balaban J connectivity index is 3.83. The van der Waals surface area contributed by atoms with Gasteiger partial charge in [0.1, 0.15) is 6.10 Å². The molecule has 0 amide bonds. The van der Waals surface area contributed by atoms with Gasteiger partial charge in [-0.25, -0.2) is 0 Å². The third kappa shape index (κ3) is 36.6. The lowest BCUT2D eigenvalue weighted by molar-refractivity contribution is -0.150. The summed E-state index contributed by atoms with van der Waals surface area (Å²) in [6, 6.07) is 0. The van der Waals surface area contributed by atoms with E-state index in [0.717, 1.165) is 51.4 Å². The summed E-state index contributed by atoms with van der Waals surface area (Å²) in [4.78, 5) is 23.4. The summed E-state index contributed by atoms with van der Waals surface area (Å²) in [5, 5.41) is 8.93. The van der Waals surface area contributed by atoms with Crippen molar-refractivity contribution in [1.29, 1.82) is 0 Å². The summed E-state index contributed by atoms with van der Waals surface area (Å²) in [5.74, 6) is -0.811. The van der Waals surface area contributed by atoms with Gasteiger partial charge in [-0.3, -0.25) is 9.59 Å². The van der Waals surface area contributed by atoms with E-state index in [-0.39, 0.29) is 18.5 Å². The van der Waals surface area contributed by atoms with Crippen LogP contribution in [0, 0.1) is 0 Å². The average Bonchev–Trinajstić information content (AvgIpc) is 3.04. The molecule has 0 aromatic heterocycles. The molecule has 0 saturated carbocycles. The number of hydrogen-bond acceptors (Lipinski definition) is 3. The summed E-state index contributed by atoms with van der Waals surface area (Å²) in [5.41, 5.74) is 0. The van der Waals surface area contributed by atoms with Crippen molar-refractivity contribution in [3.63, 3.8) is 0 Å². The Morgan fingerprint density at radius 3 is 1.39 bits per heavy atom. The first kappa shape index (κ1) is 44.2. The number of carboxylic acid groups (broad SMARTS) is 1. The fourth-order valence-corrected chi connectivity index (χ4v) is 5.86. The van der Waals surface area contributed by atoms with Crippen LogP contribution in [0.25, 0.3) is 0 Å². The van der Waals surface area contributed by atoms with Crippen molar-refractivity contribution in [3.8, 4) is 0 Å². The summed E-state index contributed by atoms with van der Waals surface area (Å²) in [6.45, 7) is 4.51. The first-order chi connectivity index (χ1) is 22.6. The highest BCUT2D eigenvalue weighted by Gasteiger charge is 2.14. The quantitative estimate of drug-likeness (QED) is 0.0419. The molecule has 268 valence electrons. The Bertz CT molecular complexity index is 738. The molecule has 4 nitrogen and oxygen atoms in total. The number of esters is 1. The lowest BCUT2D eigenvalue weighted by atomic mass is 10.0. The largest absolute Gasteiger partial charge is 0.481 e.